The molecule has 4 aromatic rings. The van der Waals surface area contributed by atoms with E-state index in [1.807, 2.05) is 12.1 Å². The van der Waals surface area contributed by atoms with Gasteiger partial charge in [-0.3, -0.25) is 4.79 Å². The second-order valence-corrected chi connectivity index (χ2v) is 10.5. The maximum atomic E-state index is 14.3. The maximum absolute atomic E-state index is 14.3. The fourth-order valence-corrected chi connectivity index (χ4v) is 3.75. The van der Waals surface area contributed by atoms with E-state index in [0.717, 1.165) is 16.8 Å². The molecule has 0 aromatic heterocycles. The first-order valence-corrected chi connectivity index (χ1v) is 13.9. The molecule has 0 spiro atoms. The molecule has 0 aliphatic carbocycles. The summed E-state index contributed by atoms with van der Waals surface area (Å²) in [6, 6.07) is 21.1. The molecule has 0 saturated heterocycles. The molecule has 0 fully saturated rings. The first-order chi connectivity index (χ1) is 21.7. The number of benzene rings is 4. The van der Waals surface area contributed by atoms with Crippen LogP contribution >= 0.6 is 0 Å². The Morgan fingerprint density at radius 2 is 0.957 bits per heavy atom. The molecular formula is C38H33FO7. The second kappa shape index (κ2) is 15.2. The van der Waals surface area contributed by atoms with Crippen molar-refractivity contribution in [3.05, 3.63) is 139 Å². The van der Waals surface area contributed by atoms with Crippen LogP contribution in [0, 0.1) is 5.82 Å². The molecule has 8 heteroatoms. The predicted octanol–water partition coefficient (Wildman–Crippen LogP) is 8.54. The van der Waals surface area contributed by atoms with Crippen molar-refractivity contribution in [3.8, 4) is 28.4 Å². The van der Waals surface area contributed by atoms with Crippen LogP contribution in [0.1, 0.15) is 38.1 Å². The number of rotatable bonds is 9. The molecule has 0 saturated carbocycles. The van der Waals surface area contributed by atoms with Crippen LogP contribution in [0.2, 0.25) is 0 Å². The summed E-state index contributed by atoms with van der Waals surface area (Å²) in [4.78, 5) is 46.3. The highest BCUT2D eigenvalue weighted by atomic mass is 19.1. The summed E-state index contributed by atoms with van der Waals surface area (Å²) in [5.41, 5.74) is 2.87. The summed E-state index contributed by atoms with van der Waals surface area (Å²) < 4.78 is 29.5. The van der Waals surface area contributed by atoms with Crippen molar-refractivity contribution in [3.63, 3.8) is 0 Å². The molecule has 7 nitrogen and oxygen atoms in total. The van der Waals surface area contributed by atoms with Gasteiger partial charge in [-0.05, 0) is 92.1 Å². The number of fused-ring (bicyclic) bond motifs is 1. The van der Waals surface area contributed by atoms with Gasteiger partial charge in [-0.1, -0.05) is 56.6 Å². The van der Waals surface area contributed by atoms with Crippen molar-refractivity contribution in [2.45, 2.75) is 27.7 Å². The molecular weight excluding hydrogens is 587 g/mol. The van der Waals surface area contributed by atoms with E-state index < -0.39 is 23.7 Å². The largest absolute Gasteiger partial charge is 0.423 e. The van der Waals surface area contributed by atoms with Crippen LogP contribution in [0.4, 0.5) is 4.39 Å². The maximum Gasteiger partial charge on any atom is 0.338 e. The highest BCUT2D eigenvalue weighted by molar-refractivity contribution is 6.09. The van der Waals surface area contributed by atoms with E-state index in [2.05, 4.69) is 26.3 Å². The molecule has 0 unspecified atom stereocenters. The van der Waals surface area contributed by atoms with Crippen molar-refractivity contribution >= 4 is 34.5 Å². The van der Waals surface area contributed by atoms with E-state index in [9.17, 15) is 23.6 Å². The fraction of sp³-hybridized carbons (Fsp3) is 0.105. The van der Waals surface area contributed by atoms with Crippen LogP contribution in [0.3, 0.4) is 0 Å². The van der Waals surface area contributed by atoms with E-state index in [1.165, 1.54) is 19.1 Å². The topological polar surface area (TPSA) is 96.0 Å². The summed E-state index contributed by atoms with van der Waals surface area (Å²) in [7, 11) is 0. The van der Waals surface area contributed by atoms with Crippen molar-refractivity contribution in [1.82, 2.24) is 0 Å². The number of hydrogen-bond donors (Lipinski definition) is 0. The Hall–Kier alpha value is -5.89. The smallest absolute Gasteiger partial charge is 0.338 e. The highest BCUT2D eigenvalue weighted by Gasteiger charge is 2.12. The number of carbonyl (C=O) groups excluding carboxylic acids is 4. The summed E-state index contributed by atoms with van der Waals surface area (Å²) in [5, 5.41) is 1.79. The lowest BCUT2D eigenvalue weighted by molar-refractivity contribution is -0.130. The van der Waals surface area contributed by atoms with Crippen LogP contribution in [0.25, 0.3) is 21.9 Å². The molecule has 0 N–H and O–H groups in total. The Morgan fingerprint density at radius 1 is 0.522 bits per heavy atom. The fourth-order valence-electron chi connectivity index (χ4n) is 3.75. The van der Waals surface area contributed by atoms with Gasteiger partial charge >= 0.3 is 17.9 Å². The minimum Gasteiger partial charge on any atom is -0.423 e. The van der Waals surface area contributed by atoms with Gasteiger partial charge in [0, 0.05) is 33.9 Å². The normalized spacial score (nSPS) is 10.1. The van der Waals surface area contributed by atoms with E-state index in [4.69, 9.17) is 14.2 Å². The van der Waals surface area contributed by atoms with Gasteiger partial charge in [0.25, 0.3) is 0 Å². The number of ketones is 1. The summed E-state index contributed by atoms with van der Waals surface area (Å²) in [5.74, 6) is -1.32. The molecule has 0 bridgehead atoms. The zero-order valence-electron chi connectivity index (χ0n) is 26.1. The van der Waals surface area contributed by atoms with Gasteiger partial charge in [-0.2, -0.15) is 0 Å². The highest BCUT2D eigenvalue weighted by Crippen LogP contribution is 2.28. The van der Waals surface area contributed by atoms with Crippen LogP contribution in [0.15, 0.2) is 127 Å². The van der Waals surface area contributed by atoms with Gasteiger partial charge in [-0.25, -0.2) is 18.8 Å². The summed E-state index contributed by atoms with van der Waals surface area (Å²) in [6.07, 6.45) is 0. The molecule has 0 amide bonds. The molecule has 4 rings (SSSR count). The van der Waals surface area contributed by atoms with Crippen LogP contribution in [-0.2, 0) is 14.4 Å². The third-order valence-corrected chi connectivity index (χ3v) is 6.24. The minimum absolute atomic E-state index is 0.0744. The average Bonchev–Trinajstić information content (AvgIpc) is 3.01. The zero-order chi connectivity index (χ0) is 34.1. The molecule has 46 heavy (non-hydrogen) atoms. The Kier molecular flexibility index (Phi) is 11.4. The predicted molar refractivity (Wildman–Crippen MR) is 176 cm³/mol. The molecule has 0 aliphatic heterocycles. The van der Waals surface area contributed by atoms with E-state index in [0.29, 0.717) is 39.3 Å². The first kappa shape index (κ1) is 34.6. The third-order valence-electron chi connectivity index (χ3n) is 6.24. The zero-order valence-corrected chi connectivity index (χ0v) is 26.1. The lowest BCUT2D eigenvalue weighted by Gasteiger charge is -2.08. The minimum atomic E-state index is -0.615. The van der Waals surface area contributed by atoms with E-state index in [1.54, 1.807) is 69.3 Å². The average molecular weight is 621 g/mol. The number of allylic oxidation sites excluding steroid dienone is 1. The van der Waals surface area contributed by atoms with Gasteiger partial charge in [0.1, 0.15) is 23.1 Å². The van der Waals surface area contributed by atoms with Gasteiger partial charge < -0.3 is 14.2 Å². The lowest BCUT2D eigenvalue weighted by atomic mass is 10.0. The second-order valence-electron chi connectivity index (χ2n) is 10.5. The third kappa shape index (κ3) is 9.30. The van der Waals surface area contributed by atoms with Crippen molar-refractivity contribution in [2.24, 2.45) is 0 Å². The number of hydrogen-bond acceptors (Lipinski definition) is 7. The summed E-state index contributed by atoms with van der Waals surface area (Å²) in [6.45, 7) is 20.5. The van der Waals surface area contributed by atoms with Crippen molar-refractivity contribution in [1.29, 1.82) is 0 Å². The van der Waals surface area contributed by atoms with Gasteiger partial charge in [0.2, 0.25) is 0 Å². The molecule has 0 heterocycles. The Bertz CT molecular complexity index is 1900. The first-order valence-electron chi connectivity index (χ1n) is 13.9. The molecule has 0 atom stereocenters. The SMILES string of the molecule is C=C(C)C(=O)Oc1ccc(-c2ccc(OC(=O)C(=C)C)cc2F)cc1.C=C(C)C(=O)Oc1ccc2cc(C(=O)C(=C)C)ccc2c1. The summed E-state index contributed by atoms with van der Waals surface area (Å²) >= 11 is 0. The monoisotopic (exact) mass is 620 g/mol. The number of ether oxygens (including phenoxy) is 3. The van der Waals surface area contributed by atoms with E-state index in [-0.39, 0.29) is 22.7 Å². The Labute approximate surface area is 266 Å². The van der Waals surface area contributed by atoms with Crippen LogP contribution in [-0.4, -0.2) is 23.7 Å². The number of Topliss-reactive ketones (excluding diaryl/α,β-unsaturated/α-hetero) is 1. The van der Waals surface area contributed by atoms with Crippen molar-refractivity contribution < 1.29 is 37.8 Å². The van der Waals surface area contributed by atoms with Crippen LogP contribution in [0.5, 0.6) is 17.2 Å². The molecule has 234 valence electrons. The van der Waals surface area contributed by atoms with Gasteiger partial charge in [0.15, 0.2) is 5.78 Å². The van der Waals surface area contributed by atoms with Gasteiger partial charge in [0.05, 0.1) is 0 Å². The molecule has 0 radical (unpaired) electrons. The van der Waals surface area contributed by atoms with Crippen LogP contribution < -0.4 is 14.2 Å². The Balaban J connectivity index is 0.000000254. The van der Waals surface area contributed by atoms with E-state index >= 15 is 0 Å². The Morgan fingerprint density at radius 3 is 1.46 bits per heavy atom. The molecule has 0 aliphatic rings. The van der Waals surface area contributed by atoms with Gasteiger partial charge in [-0.15, -0.1) is 0 Å². The number of carbonyl (C=O) groups is 4. The standard InChI is InChI=1S/C20H17FO4.C18H16O3/c1-12(2)19(22)24-15-7-5-14(6-8-15)17-10-9-16(11-18(17)21)25-20(23)13(3)4;1-11(2)17(19)15-6-5-14-10-16(8-7-13(14)9-15)21-18(20)12(3)4/h5-11H,1,3H2,2,4H3;5-10H,1,3H2,2,4H3. The molecule has 4 aromatic carbocycles. The lowest BCUT2D eigenvalue weighted by Crippen LogP contribution is -2.08. The van der Waals surface area contributed by atoms with Crippen molar-refractivity contribution in [2.75, 3.05) is 0 Å². The number of halogens is 1. The quantitative estimate of drug-likeness (QED) is 0.0801. The number of esters is 3.